The highest BCUT2D eigenvalue weighted by atomic mass is 32.2. The van der Waals surface area contributed by atoms with Gasteiger partial charge in [-0.15, -0.1) is 0 Å². The minimum atomic E-state index is -0.650. The van der Waals surface area contributed by atoms with Crippen LogP contribution in [0.3, 0.4) is 0 Å². The smallest absolute Gasteiger partial charge is 0.322 e. The van der Waals surface area contributed by atoms with Crippen LogP contribution < -0.4 is 5.73 Å². The topological polar surface area (TPSA) is 63.4 Å². The molecule has 0 aromatic heterocycles. The summed E-state index contributed by atoms with van der Waals surface area (Å²) in [6.45, 7) is 1.79. The first-order chi connectivity index (χ1) is 4.63. The van der Waals surface area contributed by atoms with Crippen molar-refractivity contribution in [2.45, 2.75) is 13.0 Å². The van der Waals surface area contributed by atoms with Crippen molar-refractivity contribution >= 4 is 23.0 Å². The molecule has 10 heavy (non-hydrogen) atoms. The lowest BCUT2D eigenvalue weighted by molar-refractivity contribution is 0.200. The second-order valence-electron chi connectivity index (χ2n) is 2.13. The highest BCUT2D eigenvalue weighted by Crippen LogP contribution is 2.22. The molecule has 2 N–H and O–H groups in total. The molecular weight excluding hydrogens is 152 g/mol. The second kappa shape index (κ2) is 2.49. The molecule has 1 fully saturated rings. The molecule has 0 aromatic carbocycles. The van der Waals surface area contributed by atoms with E-state index in [0.717, 1.165) is 16.7 Å². The quantitative estimate of drug-likeness (QED) is 0.565. The van der Waals surface area contributed by atoms with Crippen molar-refractivity contribution in [3.63, 3.8) is 0 Å². The van der Waals surface area contributed by atoms with Crippen LogP contribution in [0.25, 0.3) is 0 Å². The van der Waals surface area contributed by atoms with E-state index in [4.69, 9.17) is 5.73 Å². The van der Waals surface area contributed by atoms with Crippen LogP contribution in [0.1, 0.15) is 6.92 Å². The van der Waals surface area contributed by atoms with Crippen molar-refractivity contribution in [2.24, 2.45) is 5.73 Å². The predicted molar refractivity (Wildman–Crippen MR) is 38.7 cm³/mol. The van der Waals surface area contributed by atoms with Gasteiger partial charge in [0, 0.05) is 11.8 Å². The molecular formula is C5H8N2O2S. The molecule has 1 heterocycles. The van der Waals surface area contributed by atoms with Crippen molar-refractivity contribution in [3.8, 4) is 0 Å². The van der Waals surface area contributed by atoms with Gasteiger partial charge in [-0.2, -0.15) is 0 Å². The lowest BCUT2D eigenvalue weighted by Gasteiger charge is -2.14. The maximum Gasteiger partial charge on any atom is 0.322 e. The molecule has 0 spiro atoms. The Bertz CT molecular complexity index is 182. The van der Waals surface area contributed by atoms with E-state index >= 15 is 0 Å². The molecule has 0 aliphatic carbocycles. The molecule has 56 valence electrons. The molecule has 1 atom stereocenters. The Balaban J connectivity index is 2.72. The summed E-state index contributed by atoms with van der Waals surface area (Å²) in [6, 6.07) is -0.697. The van der Waals surface area contributed by atoms with Crippen molar-refractivity contribution in [2.75, 3.05) is 5.75 Å². The molecule has 3 amide bonds. The summed E-state index contributed by atoms with van der Waals surface area (Å²) in [4.78, 5) is 22.4. The Morgan fingerprint density at radius 1 is 1.90 bits per heavy atom. The third-order valence-corrected chi connectivity index (χ3v) is 2.42. The fourth-order valence-corrected chi connectivity index (χ4v) is 1.76. The maximum atomic E-state index is 10.8. The Labute approximate surface area is 62.7 Å². The van der Waals surface area contributed by atoms with Crippen LogP contribution in [0.15, 0.2) is 0 Å². The van der Waals surface area contributed by atoms with E-state index in [1.165, 1.54) is 0 Å². The molecule has 1 saturated heterocycles. The highest BCUT2D eigenvalue weighted by molar-refractivity contribution is 8.14. The lowest BCUT2D eigenvalue weighted by atomic mass is 10.4. The van der Waals surface area contributed by atoms with Gasteiger partial charge < -0.3 is 5.73 Å². The highest BCUT2D eigenvalue weighted by Gasteiger charge is 2.31. The minimum absolute atomic E-state index is 0.0463. The zero-order chi connectivity index (χ0) is 7.72. The van der Waals surface area contributed by atoms with Crippen LogP contribution in [-0.2, 0) is 0 Å². The largest absolute Gasteiger partial charge is 0.351 e. The zero-order valence-corrected chi connectivity index (χ0v) is 6.35. The molecule has 1 rings (SSSR count). The van der Waals surface area contributed by atoms with Gasteiger partial charge in [-0.1, -0.05) is 11.8 Å². The van der Waals surface area contributed by atoms with Gasteiger partial charge in [-0.05, 0) is 6.92 Å². The summed E-state index contributed by atoms with van der Waals surface area (Å²) in [5.41, 5.74) is 4.93. The third-order valence-electron chi connectivity index (χ3n) is 1.32. The number of rotatable bonds is 0. The number of urea groups is 1. The molecule has 1 aliphatic heterocycles. The Morgan fingerprint density at radius 3 is 2.70 bits per heavy atom. The first-order valence-electron chi connectivity index (χ1n) is 2.88. The van der Waals surface area contributed by atoms with Crippen molar-refractivity contribution in [1.29, 1.82) is 0 Å². The number of nitrogens with two attached hydrogens (primary N) is 1. The number of amides is 3. The van der Waals surface area contributed by atoms with Gasteiger partial charge in [0.05, 0.1) is 0 Å². The number of hydrogen-bond donors (Lipinski definition) is 1. The van der Waals surface area contributed by atoms with Crippen molar-refractivity contribution in [3.05, 3.63) is 0 Å². The average molecular weight is 160 g/mol. The minimum Gasteiger partial charge on any atom is -0.351 e. The molecule has 0 saturated carbocycles. The SMILES string of the molecule is CC1CSC(=O)N1C(N)=O. The lowest BCUT2D eigenvalue weighted by Crippen LogP contribution is -2.40. The first-order valence-corrected chi connectivity index (χ1v) is 3.87. The molecule has 0 aromatic rings. The van der Waals surface area contributed by atoms with E-state index < -0.39 is 6.03 Å². The Morgan fingerprint density at radius 2 is 2.50 bits per heavy atom. The summed E-state index contributed by atoms with van der Waals surface area (Å²) in [5, 5.41) is -0.236. The van der Waals surface area contributed by atoms with E-state index in [2.05, 4.69) is 0 Å². The Hall–Kier alpha value is -0.710. The predicted octanol–water partition coefficient (Wildman–Crippen LogP) is 0.622. The van der Waals surface area contributed by atoms with Crippen molar-refractivity contribution < 1.29 is 9.59 Å². The van der Waals surface area contributed by atoms with Gasteiger partial charge in [-0.3, -0.25) is 9.69 Å². The molecule has 0 radical (unpaired) electrons. The van der Waals surface area contributed by atoms with Crippen LogP contribution in [-0.4, -0.2) is 28.0 Å². The van der Waals surface area contributed by atoms with Gasteiger partial charge in [-0.25, -0.2) is 4.79 Å². The average Bonchev–Trinajstić information content (AvgIpc) is 2.11. The van der Waals surface area contributed by atoms with Gasteiger partial charge >= 0.3 is 6.03 Å². The second-order valence-corrected chi connectivity index (χ2v) is 3.11. The fraction of sp³-hybridized carbons (Fsp3) is 0.600. The number of carbonyl (C=O) groups is 2. The fourth-order valence-electron chi connectivity index (χ4n) is 0.823. The van der Waals surface area contributed by atoms with Crippen LogP contribution in [0.4, 0.5) is 9.59 Å². The summed E-state index contributed by atoms with van der Waals surface area (Å²) in [5.74, 6) is 0.655. The number of carbonyl (C=O) groups excluding carboxylic acids is 2. The molecule has 1 aliphatic rings. The van der Waals surface area contributed by atoms with E-state index in [1.54, 1.807) is 6.92 Å². The van der Waals surface area contributed by atoms with Crippen LogP contribution >= 0.6 is 11.8 Å². The standard InChI is InChI=1S/C5H8N2O2S/c1-3-2-10-5(9)7(3)4(6)8/h3H,2H2,1H3,(H2,6,8). The van der Waals surface area contributed by atoms with E-state index in [1.807, 2.05) is 0 Å². The van der Waals surface area contributed by atoms with Gasteiger partial charge in [0.1, 0.15) is 0 Å². The molecule has 4 nitrogen and oxygen atoms in total. The number of nitrogens with zero attached hydrogens (tertiary/aromatic N) is 1. The van der Waals surface area contributed by atoms with E-state index in [9.17, 15) is 9.59 Å². The van der Waals surface area contributed by atoms with Gasteiger partial charge in [0.25, 0.3) is 5.24 Å². The summed E-state index contributed by atoms with van der Waals surface area (Å²) >= 11 is 1.13. The number of imide groups is 1. The first kappa shape index (κ1) is 7.40. The normalized spacial score (nSPS) is 25.5. The van der Waals surface area contributed by atoms with Gasteiger partial charge in [0.15, 0.2) is 0 Å². The number of primary amides is 1. The van der Waals surface area contributed by atoms with Gasteiger partial charge in [0.2, 0.25) is 0 Å². The number of hydrogen-bond acceptors (Lipinski definition) is 3. The van der Waals surface area contributed by atoms with Crippen LogP contribution in [0.2, 0.25) is 0 Å². The monoisotopic (exact) mass is 160 g/mol. The van der Waals surface area contributed by atoms with Crippen molar-refractivity contribution in [1.82, 2.24) is 4.90 Å². The third kappa shape index (κ3) is 1.09. The Kier molecular flexibility index (Phi) is 1.85. The summed E-state index contributed by atoms with van der Waals surface area (Å²) in [7, 11) is 0. The summed E-state index contributed by atoms with van der Waals surface area (Å²) < 4.78 is 0. The molecule has 1 unspecified atom stereocenters. The molecule has 5 heteroatoms. The van der Waals surface area contributed by atoms with E-state index in [0.29, 0.717) is 5.75 Å². The van der Waals surface area contributed by atoms with Crippen LogP contribution in [0.5, 0.6) is 0 Å². The van der Waals surface area contributed by atoms with E-state index in [-0.39, 0.29) is 11.3 Å². The summed E-state index contributed by atoms with van der Waals surface area (Å²) in [6.07, 6.45) is 0. The molecule has 0 bridgehead atoms. The van der Waals surface area contributed by atoms with Crippen LogP contribution in [0, 0.1) is 0 Å². The zero-order valence-electron chi connectivity index (χ0n) is 5.53. The number of thioether (sulfide) groups is 1. The maximum absolute atomic E-state index is 10.8.